The van der Waals surface area contributed by atoms with Crippen LogP contribution in [0.25, 0.3) is 0 Å². The van der Waals surface area contributed by atoms with Crippen LogP contribution in [0.15, 0.2) is 0 Å². The summed E-state index contributed by atoms with van der Waals surface area (Å²) in [4.78, 5) is 0. The van der Waals surface area contributed by atoms with Gasteiger partial charge < -0.3 is 18.9 Å². The van der Waals surface area contributed by atoms with E-state index in [1.807, 2.05) is 6.92 Å². The fraction of sp³-hybridized carbons (Fsp3) is 1.00. The Balaban J connectivity index is 2.76. The number of methoxy groups -OCH3 is 3. The summed E-state index contributed by atoms with van der Waals surface area (Å²) in [7, 11) is 4.90. The van der Waals surface area contributed by atoms with Crippen molar-refractivity contribution in [2.24, 2.45) is 0 Å². The molecule has 1 aliphatic rings. The van der Waals surface area contributed by atoms with E-state index in [4.69, 9.17) is 18.9 Å². The van der Waals surface area contributed by atoms with E-state index in [2.05, 4.69) is 12.6 Å². The molecule has 1 saturated heterocycles. The van der Waals surface area contributed by atoms with Crippen LogP contribution in [0.2, 0.25) is 0 Å². The van der Waals surface area contributed by atoms with Gasteiger partial charge in [0.25, 0.3) is 0 Å². The lowest BCUT2D eigenvalue weighted by Crippen LogP contribution is -2.57. The maximum absolute atomic E-state index is 5.56. The zero-order chi connectivity index (χ0) is 10.7. The highest BCUT2D eigenvalue weighted by Crippen LogP contribution is 2.28. The van der Waals surface area contributed by atoms with E-state index in [0.29, 0.717) is 0 Å². The highest BCUT2D eigenvalue weighted by molar-refractivity contribution is 7.80. The minimum atomic E-state index is -0.272. The monoisotopic (exact) mass is 222 g/mol. The predicted octanol–water partition coefficient (Wildman–Crippen LogP) is 0.706. The van der Waals surface area contributed by atoms with E-state index in [1.165, 1.54) is 0 Å². The summed E-state index contributed by atoms with van der Waals surface area (Å²) in [6.07, 6.45) is -0.507. The van der Waals surface area contributed by atoms with Gasteiger partial charge in [-0.1, -0.05) is 0 Å². The molecule has 1 heterocycles. The largest absolute Gasteiger partial charge is 0.376 e. The third kappa shape index (κ3) is 2.23. The minimum Gasteiger partial charge on any atom is -0.376 e. The summed E-state index contributed by atoms with van der Waals surface area (Å²) in [6.45, 7) is 1.94. The molecule has 0 N–H and O–H groups in total. The number of ether oxygens (including phenoxy) is 4. The molecule has 1 unspecified atom stereocenters. The van der Waals surface area contributed by atoms with Crippen LogP contribution in [-0.4, -0.2) is 51.2 Å². The molecule has 84 valence electrons. The number of hydrogen-bond acceptors (Lipinski definition) is 5. The first kappa shape index (κ1) is 12.3. The molecule has 0 aromatic carbocycles. The van der Waals surface area contributed by atoms with Gasteiger partial charge in [-0.3, -0.25) is 0 Å². The highest BCUT2D eigenvalue weighted by atomic mass is 32.1. The Labute approximate surface area is 90.3 Å². The smallest absolute Gasteiger partial charge is 0.129 e. The van der Waals surface area contributed by atoms with Crippen molar-refractivity contribution >= 4 is 12.6 Å². The normalized spacial score (nSPS) is 43.9. The zero-order valence-corrected chi connectivity index (χ0v) is 9.86. The topological polar surface area (TPSA) is 36.9 Å². The summed E-state index contributed by atoms with van der Waals surface area (Å²) in [6, 6.07) is 0. The van der Waals surface area contributed by atoms with Crippen LogP contribution < -0.4 is 0 Å². The Morgan fingerprint density at radius 2 is 1.43 bits per heavy atom. The quantitative estimate of drug-likeness (QED) is 0.713. The second kappa shape index (κ2) is 5.32. The molecule has 1 fully saturated rings. The van der Waals surface area contributed by atoms with Crippen LogP contribution in [0.3, 0.4) is 0 Å². The standard InChI is InChI=1S/C9H18O4S/c1-5-6(10-2)7(11-3)8(12-4)9(14)13-5/h5-9,14H,1-4H3/t5-,6-,7+,8+,9?/m0/s1. The first-order chi connectivity index (χ1) is 6.65. The third-order valence-electron chi connectivity index (χ3n) is 2.56. The molecule has 0 aliphatic carbocycles. The Bertz CT molecular complexity index is 162. The van der Waals surface area contributed by atoms with E-state index in [9.17, 15) is 0 Å². The molecule has 1 aliphatic heterocycles. The molecule has 0 radical (unpaired) electrons. The predicted molar refractivity (Wildman–Crippen MR) is 55.7 cm³/mol. The number of thiol groups is 1. The van der Waals surface area contributed by atoms with Crippen molar-refractivity contribution in [2.75, 3.05) is 21.3 Å². The van der Waals surface area contributed by atoms with Gasteiger partial charge in [0.1, 0.15) is 23.7 Å². The first-order valence-electron chi connectivity index (χ1n) is 4.57. The molecule has 5 heteroatoms. The summed E-state index contributed by atoms with van der Waals surface area (Å²) in [5.41, 5.74) is -0.272. The average Bonchev–Trinajstić information content (AvgIpc) is 2.16. The fourth-order valence-corrected chi connectivity index (χ4v) is 2.32. The third-order valence-corrected chi connectivity index (χ3v) is 2.98. The van der Waals surface area contributed by atoms with Crippen LogP contribution in [0.5, 0.6) is 0 Å². The van der Waals surface area contributed by atoms with Crippen molar-refractivity contribution < 1.29 is 18.9 Å². The van der Waals surface area contributed by atoms with Crippen LogP contribution >= 0.6 is 12.6 Å². The molecular weight excluding hydrogens is 204 g/mol. The fourth-order valence-electron chi connectivity index (χ4n) is 1.84. The summed E-state index contributed by atoms with van der Waals surface area (Å²) in [5.74, 6) is 0. The number of rotatable bonds is 3. The second-order valence-corrected chi connectivity index (χ2v) is 3.84. The second-order valence-electron chi connectivity index (χ2n) is 3.33. The van der Waals surface area contributed by atoms with Gasteiger partial charge in [0.2, 0.25) is 0 Å². The van der Waals surface area contributed by atoms with E-state index in [1.54, 1.807) is 21.3 Å². The van der Waals surface area contributed by atoms with Crippen molar-refractivity contribution in [1.29, 1.82) is 0 Å². The summed E-state index contributed by atoms with van der Waals surface area (Å²) in [5, 5.41) is 0. The van der Waals surface area contributed by atoms with Gasteiger partial charge in [-0.2, -0.15) is 0 Å². The van der Waals surface area contributed by atoms with Gasteiger partial charge in [0.05, 0.1) is 6.10 Å². The molecular formula is C9H18O4S. The van der Waals surface area contributed by atoms with Crippen LogP contribution in [0.1, 0.15) is 6.92 Å². The van der Waals surface area contributed by atoms with E-state index >= 15 is 0 Å². The lowest BCUT2D eigenvalue weighted by molar-refractivity contribution is -0.215. The molecule has 0 bridgehead atoms. The Morgan fingerprint density at radius 1 is 0.929 bits per heavy atom. The van der Waals surface area contributed by atoms with Gasteiger partial charge in [0, 0.05) is 21.3 Å². The van der Waals surface area contributed by atoms with Crippen LogP contribution in [0, 0.1) is 0 Å². The van der Waals surface area contributed by atoms with Crippen molar-refractivity contribution in [2.45, 2.75) is 36.8 Å². The Kier molecular flexibility index (Phi) is 4.66. The summed E-state index contributed by atoms with van der Waals surface area (Å²) >= 11 is 4.31. The maximum atomic E-state index is 5.56. The van der Waals surface area contributed by atoms with E-state index in [0.717, 1.165) is 0 Å². The molecule has 0 spiro atoms. The van der Waals surface area contributed by atoms with Gasteiger partial charge in [-0.15, -0.1) is 12.6 Å². The van der Waals surface area contributed by atoms with Gasteiger partial charge in [-0.25, -0.2) is 0 Å². The first-order valence-corrected chi connectivity index (χ1v) is 5.09. The minimum absolute atomic E-state index is 0.0427. The lowest BCUT2D eigenvalue weighted by atomic mass is 10.0. The molecule has 5 atom stereocenters. The molecule has 0 amide bonds. The molecule has 0 saturated carbocycles. The van der Waals surface area contributed by atoms with Crippen LogP contribution in [-0.2, 0) is 18.9 Å². The highest BCUT2D eigenvalue weighted by Gasteiger charge is 2.43. The van der Waals surface area contributed by atoms with E-state index < -0.39 is 0 Å². The molecule has 0 aromatic rings. The zero-order valence-electron chi connectivity index (χ0n) is 8.97. The number of hydrogen-bond donors (Lipinski definition) is 1. The lowest BCUT2D eigenvalue weighted by Gasteiger charge is -2.42. The maximum Gasteiger partial charge on any atom is 0.129 e. The average molecular weight is 222 g/mol. The summed E-state index contributed by atoms with van der Waals surface area (Å²) < 4.78 is 21.5. The van der Waals surface area contributed by atoms with Gasteiger partial charge in [-0.05, 0) is 6.92 Å². The Morgan fingerprint density at radius 3 is 1.86 bits per heavy atom. The molecule has 1 rings (SSSR count). The van der Waals surface area contributed by atoms with Crippen molar-refractivity contribution in [3.8, 4) is 0 Å². The van der Waals surface area contributed by atoms with Gasteiger partial charge in [0.15, 0.2) is 0 Å². The molecule has 14 heavy (non-hydrogen) atoms. The SMILES string of the molecule is CO[C@@H]1[C@@H](OC)[C@@H](OC)C(S)O[C@H]1C. The van der Waals surface area contributed by atoms with Crippen molar-refractivity contribution in [1.82, 2.24) is 0 Å². The van der Waals surface area contributed by atoms with Crippen LogP contribution in [0.4, 0.5) is 0 Å². The van der Waals surface area contributed by atoms with Crippen molar-refractivity contribution in [3.63, 3.8) is 0 Å². The van der Waals surface area contributed by atoms with E-state index in [-0.39, 0.29) is 29.9 Å². The molecule has 4 nitrogen and oxygen atoms in total. The van der Waals surface area contributed by atoms with Crippen molar-refractivity contribution in [3.05, 3.63) is 0 Å². The molecule has 0 aromatic heterocycles. The van der Waals surface area contributed by atoms with Gasteiger partial charge >= 0.3 is 0 Å². The Hall–Kier alpha value is 0.190.